The Bertz CT molecular complexity index is 759. The third kappa shape index (κ3) is 2.71. The van der Waals surface area contributed by atoms with E-state index in [0.29, 0.717) is 17.7 Å². The summed E-state index contributed by atoms with van der Waals surface area (Å²) in [6.07, 6.45) is 0.551. The molecule has 2 rings (SSSR count). The fraction of sp³-hybridized carbons (Fsp3) is 0.278. The van der Waals surface area contributed by atoms with Crippen LogP contribution in [0.15, 0.2) is 36.4 Å². The van der Waals surface area contributed by atoms with Gasteiger partial charge in [-0.25, -0.2) is 0 Å². The van der Waals surface area contributed by atoms with Crippen molar-refractivity contribution in [2.75, 3.05) is 4.90 Å². The van der Waals surface area contributed by atoms with E-state index < -0.39 is 0 Å². The lowest BCUT2D eigenvalue weighted by Gasteiger charge is -2.23. The molecule has 2 amide bonds. The standard InChI is InChI=1S/C18H18N2O2/c1-12(2)13(3)18(22)20(11-21)17-9-8-14(10-19)15-6-4-5-7-16(15)17/h4-9,11-13H,1-3H3. The summed E-state index contributed by atoms with van der Waals surface area (Å²) in [7, 11) is 0. The van der Waals surface area contributed by atoms with E-state index in [0.717, 1.165) is 15.7 Å². The van der Waals surface area contributed by atoms with E-state index >= 15 is 0 Å². The van der Waals surface area contributed by atoms with Gasteiger partial charge in [-0.05, 0) is 18.1 Å². The van der Waals surface area contributed by atoms with Gasteiger partial charge in [0.25, 0.3) is 0 Å². The first-order valence-corrected chi connectivity index (χ1v) is 7.21. The molecule has 0 aromatic heterocycles. The van der Waals surface area contributed by atoms with Crippen molar-refractivity contribution in [2.24, 2.45) is 11.8 Å². The van der Waals surface area contributed by atoms with Crippen molar-refractivity contribution in [3.05, 3.63) is 42.0 Å². The van der Waals surface area contributed by atoms with Crippen molar-refractivity contribution in [3.8, 4) is 6.07 Å². The van der Waals surface area contributed by atoms with Gasteiger partial charge in [-0.1, -0.05) is 45.0 Å². The van der Waals surface area contributed by atoms with Gasteiger partial charge in [-0.15, -0.1) is 0 Å². The van der Waals surface area contributed by atoms with Crippen LogP contribution in [0.25, 0.3) is 10.8 Å². The van der Waals surface area contributed by atoms with Crippen LogP contribution in [0.1, 0.15) is 26.3 Å². The molecule has 4 heteroatoms. The smallest absolute Gasteiger partial charge is 0.236 e. The molecule has 0 aliphatic rings. The van der Waals surface area contributed by atoms with E-state index in [4.69, 9.17) is 0 Å². The van der Waals surface area contributed by atoms with Crippen LogP contribution < -0.4 is 4.90 Å². The van der Waals surface area contributed by atoms with Gasteiger partial charge in [0.1, 0.15) is 0 Å². The second-order valence-electron chi connectivity index (χ2n) is 5.64. The molecule has 0 N–H and O–H groups in total. The van der Waals surface area contributed by atoms with Crippen LogP contribution in [-0.2, 0) is 9.59 Å². The average Bonchev–Trinajstić information content (AvgIpc) is 2.54. The van der Waals surface area contributed by atoms with Crippen LogP contribution in [0.2, 0.25) is 0 Å². The monoisotopic (exact) mass is 294 g/mol. The number of carbonyl (C=O) groups excluding carboxylic acids is 2. The van der Waals surface area contributed by atoms with Gasteiger partial charge in [0.05, 0.1) is 17.3 Å². The normalized spacial score (nSPS) is 12.0. The molecule has 1 unspecified atom stereocenters. The van der Waals surface area contributed by atoms with E-state index in [-0.39, 0.29) is 17.7 Å². The van der Waals surface area contributed by atoms with E-state index in [1.165, 1.54) is 0 Å². The van der Waals surface area contributed by atoms with E-state index in [9.17, 15) is 14.9 Å². The maximum Gasteiger partial charge on any atom is 0.236 e. The maximum atomic E-state index is 12.5. The Morgan fingerprint density at radius 2 is 1.77 bits per heavy atom. The minimum Gasteiger partial charge on any atom is -0.278 e. The average molecular weight is 294 g/mol. The number of fused-ring (bicyclic) bond motifs is 1. The van der Waals surface area contributed by atoms with Gasteiger partial charge < -0.3 is 0 Å². The second kappa shape index (κ2) is 6.40. The number of anilines is 1. The number of benzene rings is 2. The van der Waals surface area contributed by atoms with Gasteiger partial charge in [0.2, 0.25) is 12.3 Å². The summed E-state index contributed by atoms with van der Waals surface area (Å²) in [5.41, 5.74) is 1.04. The number of hydrogen-bond acceptors (Lipinski definition) is 3. The maximum absolute atomic E-state index is 12.5. The molecule has 0 saturated carbocycles. The van der Waals surface area contributed by atoms with Crippen molar-refractivity contribution in [3.63, 3.8) is 0 Å². The van der Waals surface area contributed by atoms with Crippen molar-refractivity contribution in [1.29, 1.82) is 5.26 Å². The van der Waals surface area contributed by atoms with Crippen LogP contribution in [0.5, 0.6) is 0 Å². The van der Waals surface area contributed by atoms with E-state index in [2.05, 4.69) is 6.07 Å². The molecule has 0 heterocycles. The first-order valence-electron chi connectivity index (χ1n) is 7.21. The highest BCUT2D eigenvalue weighted by Gasteiger charge is 2.25. The molecule has 2 aromatic rings. The quantitative estimate of drug-likeness (QED) is 0.811. The zero-order valence-electron chi connectivity index (χ0n) is 12.9. The summed E-state index contributed by atoms with van der Waals surface area (Å²) < 4.78 is 0. The largest absolute Gasteiger partial charge is 0.278 e. The molecular formula is C18H18N2O2. The van der Waals surface area contributed by atoms with E-state index in [1.54, 1.807) is 12.1 Å². The Kier molecular flexibility index (Phi) is 4.57. The molecule has 0 radical (unpaired) electrons. The summed E-state index contributed by atoms with van der Waals surface area (Å²) >= 11 is 0. The Labute approximate surface area is 130 Å². The molecule has 0 saturated heterocycles. The lowest BCUT2D eigenvalue weighted by atomic mass is 9.96. The summed E-state index contributed by atoms with van der Waals surface area (Å²) in [6, 6.07) is 12.7. The topological polar surface area (TPSA) is 61.2 Å². The fourth-order valence-corrected chi connectivity index (χ4v) is 2.32. The van der Waals surface area contributed by atoms with E-state index in [1.807, 2.05) is 45.0 Å². The number of nitrogens with zero attached hydrogens (tertiary/aromatic N) is 2. The molecule has 0 bridgehead atoms. The number of nitriles is 1. The molecule has 1 atom stereocenters. The lowest BCUT2D eigenvalue weighted by Crippen LogP contribution is -2.36. The van der Waals surface area contributed by atoms with Crippen LogP contribution in [0, 0.1) is 23.2 Å². The Balaban J connectivity index is 2.61. The second-order valence-corrected chi connectivity index (χ2v) is 5.64. The molecule has 0 fully saturated rings. The van der Waals surface area contributed by atoms with Gasteiger partial charge in [-0.3, -0.25) is 14.5 Å². The van der Waals surface area contributed by atoms with Crippen molar-refractivity contribution in [2.45, 2.75) is 20.8 Å². The third-order valence-corrected chi connectivity index (χ3v) is 4.01. The van der Waals surface area contributed by atoms with Crippen LogP contribution >= 0.6 is 0 Å². The molecule has 0 spiro atoms. The molecule has 22 heavy (non-hydrogen) atoms. The van der Waals surface area contributed by atoms with Crippen molar-refractivity contribution < 1.29 is 9.59 Å². The van der Waals surface area contributed by atoms with Crippen LogP contribution in [0.4, 0.5) is 5.69 Å². The van der Waals surface area contributed by atoms with Gasteiger partial charge in [0, 0.05) is 16.7 Å². The zero-order valence-corrected chi connectivity index (χ0v) is 12.9. The van der Waals surface area contributed by atoms with Crippen molar-refractivity contribution in [1.82, 2.24) is 0 Å². The summed E-state index contributed by atoms with van der Waals surface area (Å²) in [6.45, 7) is 5.71. The summed E-state index contributed by atoms with van der Waals surface area (Å²) in [5.74, 6) is -0.362. The van der Waals surface area contributed by atoms with Gasteiger partial charge in [-0.2, -0.15) is 5.26 Å². The number of amides is 2. The predicted molar refractivity (Wildman–Crippen MR) is 86.2 cm³/mol. The Morgan fingerprint density at radius 3 is 2.32 bits per heavy atom. The number of hydrogen-bond donors (Lipinski definition) is 0. The SMILES string of the molecule is CC(C)C(C)C(=O)N(C=O)c1ccc(C#N)c2ccccc12. The highest BCUT2D eigenvalue weighted by molar-refractivity contribution is 6.14. The number of rotatable bonds is 4. The molecule has 4 nitrogen and oxygen atoms in total. The van der Waals surface area contributed by atoms with Gasteiger partial charge in [0.15, 0.2) is 0 Å². The van der Waals surface area contributed by atoms with Gasteiger partial charge >= 0.3 is 0 Å². The number of imide groups is 1. The first kappa shape index (κ1) is 15.7. The Hall–Kier alpha value is -2.67. The molecule has 2 aromatic carbocycles. The van der Waals surface area contributed by atoms with Crippen molar-refractivity contribution >= 4 is 28.8 Å². The number of carbonyl (C=O) groups is 2. The summed E-state index contributed by atoms with van der Waals surface area (Å²) in [5, 5.41) is 10.6. The highest BCUT2D eigenvalue weighted by Crippen LogP contribution is 2.30. The third-order valence-electron chi connectivity index (χ3n) is 4.01. The molecule has 0 aliphatic heterocycles. The molecular weight excluding hydrogens is 276 g/mol. The minimum absolute atomic E-state index is 0.139. The van der Waals surface area contributed by atoms with Crippen LogP contribution in [-0.4, -0.2) is 12.3 Å². The zero-order chi connectivity index (χ0) is 16.3. The fourth-order valence-electron chi connectivity index (χ4n) is 2.32. The lowest BCUT2D eigenvalue weighted by molar-refractivity contribution is -0.125. The minimum atomic E-state index is -0.264. The predicted octanol–water partition coefficient (Wildman–Crippen LogP) is 3.49. The molecule has 112 valence electrons. The highest BCUT2D eigenvalue weighted by atomic mass is 16.2. The van der Waals surface area contributed by atoms with Crippen LogP contribution in [0.3, 0.4) is 0 Å². The summed E-state index contributed by atoms with van der Waals surface area (Å²) in [4.78, 5) is 25.2. The first-order chi connectivity index (χ1) is 10.5. The molecule has 0 aliphatic carbocycles. The Morgan fingerprint density at radius 1 is 1.14 bits per heavy atom.